The first-order chi connectivity index (χ1) is 18.1. The van der Waals surface area contributed by atoms with E-state index in [0.29, 0.717) is 29.6 Å². The van der Waals surface area contributed by atoms with Crippen LogP contribution in [0.5, 0.6) is 0 Å². The van der Waals surface area contributed by atoms with Gasteiger partial charge in [-0.2, -0.15) is 5.10 Å². The Balaban J connectivity index is 1.63. The SMILES string of the molecule is C=C(/N=C\C(C)=C\N(C)/C(C)=C\C(OCc1ncc(F)cc1F)=C(\Cl)C=O)n1ccc(C(=O)NC2CC2)n1. The maximum Gasteiger partial charge on any atom is 0.272 e. The Morgan fingerprint density at radius 1 is 1.39 bits per heavy atom. The number of halogens is 3. The predicted molar refractivity (Wildman–Crippen MR) is 140 cm³/mol. The number of aldehydes is 1. The van der Waals surface area contributed by atoms with Crippen LogP contribution < -0.4 is 5.32 Å². The van der Waals surface area contributed by atoms with Gasteiger partial charge in [0.2, 0.25) is 0 Å². The molecule has 0 saturated heterocycles. The van der Waals surface area contributed by atoms with Gasteiger partial charge in [-0.05, 0) is 38.3 Å². The van der Waals surface area contributed by atoms with Crippen molar-refractivity contribution in [3.8, 4) is 0 Å². The number of nitrogens with zero attached hydrogens (tertiary/aromatic N) is 5. The number of ether oxygens (including phenoxy) is 1. The van der Waals surface area contributed by atoms with Gasteiger partial charge in [-0.3, -0.25) is 14.6 Å². The largest absolute Gasteiger partial charge is 0.485 e. The third-order valence-electron chi connectivity index (χ3n) is 5.30. The minimum absolute atomic E-state index is 0.00940. The molecule has 2 heterocycles. The van der Waals surface area contributed by atoms with E-state index in [0.717, 1.165) is 24.6 Å². The fourth-order valence-electron chi connectivity index (χ4n) is 2.98. The van der Waals surface area contributed by atoms with Crippen LogP contribution in [0, 0.1) is 11.6 Å². The van der Waals surface area contributed by atoms with Crippen LogP contribution in [0.3, 0.4) is 0 Å². The Kier molecular flexibility index (Phi) is 9.66. The highest BCUT2D eigenvalue weighted by atomic mass is 35.5. The molecule has 2 aromatic rings. The third kappa shape index (κ3) is 8.20. The molecule has 3 rings (SSSR count). The number of aromatic nitrogens is 3. The van der Waals surface area contributed by atoms with E-state index >= 15 is 0 Å². The fourth-order valence-corrected chi connectivity index (χ4v) is 3.09. The van der Waals surface area contributed by atoms with Crippen LogP contribution in [0.4, 0.5) is 8.78 Å². The number of pyridine rings is 1. The van der Waals surface area contributed by atoms with Crippen LogP contribution in [0.25, 0.3) is 5.82 Å². The summed E-state index contributed by atoms with van der Waals surface area (Å²) in [4.78, 5) is 33.0. The summed E-state index contributed by atoms with van der Waals surface area (Å²) in [5.41, 5.74) is 1.51. The van der Waals surface area contributed by atoms with Crippen molar-refractivity contribution in [3.63, 3.8) is 0 Å². The standard InChI is InChI=1S/C26H27ClF2N6O3/c1-16(11-30-18(3)35-8-7-23(33-35)26(37)32-20-5-6-20)13-34(4)17(2)9-25(21(27)14-36)38-15-24-22(29)10-19(28)12-31-24/h7-14,20H,3,5-6,15H2,1-2,4H3,(H,32,37)/b16-13+,17-9-,25-21-,30-11-. The Morgan fingerprint density at radius 2 is 2.13 bits per heavy atom. The first kappa shape index (κ1) is 28.5. The first-order valence-electron chi connectivity index (χ1n) is 11.5. The molecule has 200 valence electrons. The molecular weight excluding hydrogens is 518 g/mol. The predicted octanol–water partition coefficient (Wildman–Crippen LogP) is 4.55. The number of hydrogen-bond acceptors (Lipinski definition) is 7. The van der Waals surface area contributed by atoms with E-state index in [1.165, 1.54) is 10.8 Å². The Labute approximate surface area is 223 Å². The van der Waals surface area contributed by atoms with Crippen molar-refractivity contribution in [1.29, 1.82) is 0 Å². The highest BCUT2D eigenvalue weighted by molar-refractivity contribution is 6.39. The summed E-state index contributed by atoms with van der Waals surface area (Å²) in [6.45, 7) is 7.07. The highest BCUT2D eigenvalue weighted by Gasteiger charge is 2.24. The zero-order valence-corrected chi connectivity index (χ0v) is 21.9. The normalized spacial score (nSPS) is 14.8. The minimum Gasteiger partial charge on any atom is -0.485 e. The second kappa shape index (κ2) is 12.9. The Hall–Kier alpha value is -4.12. The van der Waals surface area contributed by atoms with Crippen molar-refractivity contribution in [2.45, 2.75) is 39.3 Å². The number of nitrogens with one attached hydrogen (secondary N) is 1. The summed E-state index contributed by atoms with van der Waals surface area (Å²) in [6, 6.07) is 2.52. The van der Waals surface area contributed by atoms with E-state index in [9.17, 15) is 18.4 Å². The molecule has 12 heteroatoms. The van der Waals surface area contributed by atoms with Gasteiger partial charge >= 0.3 is 0 Å². The van der Waals surface area contributed by atoms with E-state index in [4.69, 9.17) is 16.3 Å². The van der Waals surface area contributed by atoms with Gasteiger partial charge in [-0.1, -0.05) is 18.2 Å². The van der Waals surface area contributed by atoms with Gasteiger partial charge < -0.3 is 15.0 Å². The van der Waals surface area contributed by atoms with Crippen molar-refractivity contribution in [2.24, 2.45) is 4.99 Å². The zero-order valence-electron chi connectivity index (χ0n) is 21.1. The van der Waals surface area contributed by atoms with Gasteiger partial charge in [0, 0.05) is 49.5 Å². The molecule has 1 fully saturated rings. The molecule has 38 heavy (non-hydrogen) atoms. The summed E-state index contributed by atoms with van der Waals surface area (Å²) >= 11 is 5.98. The molecule has 1 aliphatic rings. The lowest BCUT2D eigenvalue weighted by Gasteiger charge is -2.17. The molecule has 1 amide bonds. The van der Waals surface area contributed by atoms with E-state index in [-0.39, 0.29) is 35.0 Å². The zero-order chi connectivity index (χ0) is 27.8. The molecule has 9 nitrogen and oxygen atoms in total. The molecule has 0 unspecified atom stereocenters. The molecule has 0 radical (unpaired) electrons. The van der Waals surface area contributed by atoms with Crippen molar-refractivity contribution < 1.29 is 23.1 Å². The first-order valence-corrected chi connectivity index (χ1v) is 11.9. The summed E-state index contributed by atoms with van der Waals surface area (Å²) in [5, 5.41) is 6.85. The highest BCUT2D eigenvalue weighted by Crippen LogP contribution is 2.20. The maximum absolute atomic E-state index is 13.9. The number of amides is 1. The number of carbonyl (C=O) groups is 2. The van der Waals surface area contributed by atoms with Gasteiger partial charge in [0.15, 0.2) is 17.8 Å². The number of rotatable bonds is 12. The lowest BCUT2D eigenvalue weighted by Crippen LogP contribution is -2.25. The van der Waals surface area contributed by atoms with E-state index < -0.39 is 11.6 Å². The van der Waals surface area contributed by atoms with Crippen molar-refractivity contribution in [1.82, 2.24) is 25.0 Å². The van der Waals surface area contributed by atoms with E-state index in [1.54, 1.807) is 43.5 Å². The number of aliphatic imine (C=N–C) groups is 1. The van der Waals surface area contributed by atoms with Gasteiger partial charge in [0.1, 0.15) is 34.7 Å². The molecule has 2 aromatic heterocycles. The molecule has 1 aliphatic carbocycles. The Bertz CT molecular complexity index is 1340. The summed E-state index contributed by atoms with van der Waals surface area (Å²) < 4.78 is 33.8. The van der Waals surface area contributed by atoms with Crippen LogP contribution in [-0.4, -0.2) is 51.2 Å². The molecule has 1 saturated carbocycles. The number of allylic oxidation sites excluding steroid dienone is 4. The van der Waals surface area contributed by atoms with Gasteiger partial charge in [0.05, 0.1) is 6.20 Å². The van der Waals surface area contributed by atoms with Gasteiger partial charge in [0.25, 0.3) is 5.91 Å². The van der Waals surface area contributed by atoms with Crippen molar-refractivity contribution in [3.05, 3.63) is 88.5 Å². The van der Waals surface area contributed by atoms with Crippen molar-refractivity contribution in [2.75, 3.05) is 7.05 Å². The third-order valence-corrected chi connectivity index (χ3v) is 5.57. The minimum atomic E-state index is -0.878. The molecule has 1 N–H and O–H groups in total. The quantitative estimate of drug-likeness (QED) is 0.138. The monoisotopic (exact) mass is 544 g/mol. The second-order valence-corrected chi connectivity index (χ2v) is 8.95. The van der Waals surface area contributed by atoms with Crippen LogP contribution in [-0.2, 0) is 16.1 Å². The Morgan fingerprint density at radius 3 is 2.79 bits per heavy atom. The lowest BCUT2D eigenvalue weighted by molar-refractivity contribution is -0.104. The average molecular weight is 545 g/mol. The van der Waals surface area contributed by atoms with E-state index in [2.05, 4.69) is 27.0 Å². The molecule has 0 aliphatic heterocycles. The molecule has 0 spiro atoms. The van der Waals surface area contributed by atoms with Crippen LogP contribution >= 0.6 is 11.6 Å². The average Bonchev–Trinajstić information content (AvgIpc) is 3.55. The second-order valence-electron chi connectivity index (χ2n) is 8.54. The van der Waals surface area contributed by atoms with Gasteiger partial charge in [-0.15, -0.1) is 0 Å². The molecular formula is C26H27ClF2N6O3. The summed E-state index contributed by atoms with van der Waals surface area (Å²) in [7, 11) is 1.75. The topological polar surface area (TPSA) is 102 Å². The van der Waals surface area contributed by atoms with Gasteiger partial charge in [-0.25, -0.2) is 18.5 Å². The smallest absolute Gasteiger partial charge is 0.272 e. The van der Waals surface area contributed by atoms with Crippen LogP contribution in [0.2, 0.25) is 0 Å². The summed E-state index contributed by atoms with van der Waals surface area (Å²) in [5.74, 6) is -1.61. The lowest BCUT2D eigenvalue weighted by atomic mass is 10.3. The van der Waals surface area contributed by atoms with E-state index in [1.807, 2.05) is 6.92 Å². The molecule has 0 atom stereocenters. The number of hydrogen-bond donors (Lipinski definition) is 1. The molecule has 0 aromatic carbocycles. The fraction of sp³-hybridized carbons (Fsp3) is 0.269. The number of carbonyl (C=O) groups excluding carboxylic acids is 2. The van der Waals surface area contributed by atoms with Crippen LogP contribution in [0.1, 0.15) is 42.9 Å². The van der Waals surface area contributed by atoms with Crippen molar-refractivity contribution >= 4 is 35.8 Å². The summed E-state index contributed by atoms with van der Waals surface area (Å²) in [6.07, 6.45) is 9.67. The van der Waals surface area contributed by atoms with Crippen LogP contribution in [0.15, 0.2) is 70.4 Å². The maximum atomic E-state index is 13.9. The molecule has 0 bridgehead atoms.